The van der Waals surface area contributed by atoms with E-state index in [1.165, 1.54) is 4.90 Å². The van der Waals surface area contributed by atoms with Gasteiger partial charge in [0, 0.05) is 16.8 Å². The summed E-state index contributed by atoms with van der Waals surface area (Å²) in [6, 6.07) is 11.6. The number of amides is 1. The summed E-state index contributed by atoms with van der Waals surface area (Å²) in [6.45, 7) is 7.66. The van der Waals surface area contributed by atoms with Crippen LogP contribution in [0.2, 0.25) is 5.02 Å². The van der Waals surface area contributed by atoms with Gasteiger partial charge in [-0.25, -0.2) is 4.98 Å². The number of carbonyl (C=O) groups excluding carboxylic acids is 1. The van der Waals surface area contributed by atoms with Gasteiger partial charge in [0.1, 0.15) is 26.2 Å². The molecule has 5 nitrogen and oxygen atoms in total. The zero-order chi connectivity index (χ0) is 17.8. The Morgan fingerprint density at radius 1 is 1.24 bits per heavy atom. The molecule has 132 valence electrons. The zero-order valence-corrected chi connectivity index (χ0v) is 15.4. The van der Waals surface area contributed by atoms with Gasteiger partial charge in [-0.1, -0.05) is 23.7 Å². The van der Waals surface area contributed by atoms with Gasteiger partial charge in [-0.2, -0.15) is 0 Å². The summed E-state index contributed by atoms with van der Waals surface area (Å²) in [4.78, 5) is 19.5. The number of piperazine rings is 1. The van der Waals surface area contributed by atoms with Crippen molar-refractivity contribution in [3.8, 4) is 0 Å². The minimum Gasteiger partial charge on any atom is -0.321 e. The van der Waals surface area contributed by atoms with E-state index in [-0.39, 0.29) is 11.9 Å². The van der Waals surface area contributed by atoms with Crippen molar-refractivity contribution in [1.82, 2.24) is 0 Å². The average Bonchev–Trinajstić information content (AvgIpc) is 2.65. The number of nitrogens with zero attached hydrogens (tertiary/aromatic N) is 1. The summed E-state index contributed by atoms with van der Waals surface area (Å²) in [5, 5.41) is 3.70. The Labute approximate surface area is 153 Å². The van der Waals surface area contributed by atoms with Gasteiger partial charge < -0.3 is 10.2 Å². The highest BCUT2D eigenvalue weighted by Crippen LogP contribution is 2.22. The van der Waals surface area contributed by atoms with Crippen LogP contribution >= 0.6 is 11.6 Å². The predicted molar refractivity (Wildman–Crippen MR) is 100 cm³/mol. The smallest absolute Gasteiger partial charge is 0.282 e. The quantitative estimate of drug-likeness (QED) is 0.860. The van der Waals surface area contributed by atoms with Crippen LogP contribution in [0, 0.1) is 6.92 Å². The maximum Gasteiger partial charge on any atom is 0.282 e. The number of aromatic amines is 1. The summed E-state index contributed by atoms with van der Waals surface area (Å²) >= 11 is 6.13. The number of carbonyl (C=O) groups is 1. The minimum absolute atomic E-state index is 0.0418. The van der Waals surface area contributed by atoms with E-state index in [2.05, 4.69) is 21.3 Å². The first-order chi connectivity index (χ1) is 12.1. The number of benzene rings is 1. The molecule has 0 bridgehead atoms. The topological polar surface area (TPSA) is 50.9 Å². The third kappa shape index (κ3) is 4.11. The number of pyridine rings is 1. The molecule has 25 heavy (non-hydrogen) atoms. The van der Waals surface area contributed by atoms with Gasteiger partial charge in [-0.3, -0.25) is 9.69 Å². The molecule has 1 amide bonds. The minimum atomic E-state index is -0.0970. The summed E-state index contributed by atoms with van der Waals surface area (Å²) in [6.07, 6.45) is 1.94. The first kappa shape index (κ1) is 17.7. The van der Waals surface area contributed by atoms with E-state index >= 15 is 0 Å². The lowest BCUT2D eigenvalue weighted by atomic mass is 10.1. The molecule has 2 aromatic rings. The number of H-pyrrole nitrogens is 1. The van der Waals surface area contributed by atoms with Crippen molar-refractivity contribution >= 4 is 29.0 Å². The van der Waals surface area contributed by atoms with Crippen molar-refractivity contribution in [2.75, 3.05) is 36.4 Å². The van der Waals surface area contributed by atoms with Crippen molar-refractivity contribution in [3.05, 3.63) is 53.2 Å². The highest BCUT2D eigenvalue weighted by atomic mass is 35.5. The van der Waals surface area contributed by atoms with Gasteiger partial charge >= 0.3 is 0 Å². The molecule has 0 saturated carbocycles. The van der Waals surface area contributed by atoms with E-state index in [0.717, 1.165) is 43.2 Å². The molecule has 1 saturated heterocycles. The lowest BCUT2D eigenvalue weighted by Gasteiger charge is -2.31. The maximum atomic E-state index is 12.6. The molecule has 1 atom stereocenters. The number of anilines is 2. The summed E-state index contributed by atoms with van der Waals surface area (Å²) in [5.41, 5.74) is 1.70. The molecule has 0 aliphatic carbocycles. The lowest BCUT2D eigenvalue weighted by Crippen LogP contribution is -3.19. The highest BCUT2D eigenvalue weighted by Gasteiger charge is 2.32. The van der Waals surface area contributed by atoms with Gasteiger partial charge in [0.15, 0.2) is 6.04 Å². The molecule has 3 rings (SSSR count). The number of hydrogen-bond donors (Lipinski definition) is 2. The van der Waals surface area contributed by atoms with Crippen molar-refractivity contribution in [1.29, 1.82) is 0 Å². The van der Waals surface area contributed by atoms with Crippen molar-refractivity contribution in [2.45, 2.75) is 19.9 Å². The lowest BCUT2D eigenvalue weighted by molar-refractivity contribution is -0.914. The van der Waals surface area contributed by atoms with Crippen LogP contribution in [0.15, 0.2) is 42.6 Å². The van der Waals surface area contributed by atoms with Gasteiger partial charge in [-0.05, 0) is 37.6 Å². The Morgan fingerprint density at radius 2 is 2.00 bits per heavy atom. The van der Waals surface area contributed by atoms with Crippen molar-refractivity contribution < 1.29 is 14.7 Å². The van der Waals surface area contributed by atoms with E-state index in [1.807, 2.05) is 50.4 Å². The van der Waals surface area contributed by atoms with E-state index in [4.69, 9.17) is 11.6 Å². The van der Waals surface area contributed by atoms with Gasteiger partial charge in [-0.15, -0.1) is 0 Å². The van der Waals surface area contributed by atoms with Crippen LogP contribution < -0.4 is 20.1 Å². The molecule has 3 N–H and O–H groups in total. The molecule has 1 aliphatic heterocycles. The molecule has 6 heteroatoms. The van der Waals surface area contributed by atoms with E-state index in [0.29, 0.717) is 5.02 Å². The van der Waals surface area contributed by atoms with E-state index < -0.39 is 0 Å². The van der Waals surface area contributed by atoms with Gasteiger partial charge in [0.05, 0.1) is 6.20 Å². The summed E-state index contributed by atoms with van der Waals surface area (Å²) < 4.78 is 0. The second kappa shape index (κ2) is 7.85. The van der Waals surface area contributed by atoms with E-state index in [9.17, 15) is 4.79 Å². The number of halogens is 1. The Hall–Kier alpha value is -2.11. The Morgan fingerprint density at radius 3 is 2.68 bits per heavy atom. The number of quaternary nitrogens is 1. The fourth-order valence-corrected chi connectivity index (χ4v) is 3.39. The number of hydrogen-bond acceptors (Lipinski definition) is 2. The van der Waals surface area contributed by atoms with Crippen LogP contribution in [0.5, 0.6) is 0 Å². The van der Waals surface area contributed by atoms with Crippen LogP contribution in [0.1, 0.15) is 12.5 Å². The molecular formula is C19H25ClN4O+2. The zero-order valence-electron chi connectivity index (χ0n) is 14.7. The van der Waals surface area contributed by atoms with Gasteiger partial charge in [0.25, 0.3) is 11.7 Å². The monoisotopic (exact) mass is 360 g/mol. The average molecular weight is 361 g/mol. The Bertz CT molecular complexity index is 729. The van der Waals surface area contributed by atoms with Crippen LogP contribution in [-0.2, 0) is 4.79 Å². The van der Waals surface area contributed by atoms with Crippen molar-refractivity contribution in [3.63, 3.8) is 0 Å². The summed E-state index contributed by atoms with van der Waals surface area (Å²) in [7, 11) is 0. The molecule has 0 unspecified atom stereocenters. The molecule has 1 aromatic heterocycles. The van der Waals surface area contributed by atoms with Gasteiger partial charge in [0.2, 0.25) is 0 Å². The molecule has 0 spiro atoms. The fourth-order valence-electron chi connectivity index (χ4n) is 3.22. The van der Waals surface area contributed by atoms with Crippen LogP contribution in [0.25, 0.3) is 0 Å². The standard InChI is InChI=1S/C19H23ClN4O/c1-14-16(20)6-5-7-17(14)22-19(25)15(2)23-10-12-24(13-11-23)18-8-3-4-9-21-18/h3-9,15H,10-13H2,1-2H3,(H,22,25)/p+2/t15-/m1/s1. The first-order valence-corrected chi connectivity index (χ1v) is 9.06. The maximum absolute atomic E-state index is 12.6. The number of aromatic nitrogens is 1. The van der Waals surface area contributed by atoms with E-state index in [1.54, 1.807) is 0 Å². The molecule has 1 aromatic carbocycles. The summed E-state index contributed by atoms with van der Waals surface area (Å²) in [5.74, 6) is 1.17. The predicted octanol–water partition coefficient (Wildman–Crippen LogP) is 1.19. The second-order valence-corrected chi connectivity index (χ2v) is 6.92. The van der Waals surface area contributed by atoms with Crippen LogP contribution in [-0.4, -0.2) is 38.1 Å². The second-order valence-electron chi connectivity index (χ2n) is 6.52. The molecule has 0 radical (unpaired) electrons. The molecule has 1 fully saturated rings. The SMILES string of the molecule is Cc1c(Cl)cccc1NC(=O)[C@@H](C)[NH+]1CCN(c2cccc[nH+]2)CC1. The normalized spacial score (nSPS) is 16.5. The first-order valence-electron chi connectivity index (χ1n) is 8.68. The Kier molecular flexibility index (Phi) is 5.56. The Balaban J connectivity index is 1.58. The third-order valence-corrected chi connectivity index (χ3v) is 5.38. The van der Waals surface area contributed by atoms with Crippen LogP contribution in [0.4, 0.5) is 11.5 Å². The largest absolute Gasteiger partial charge is 0.321 e. The fraction of sp³-hybridized carbons (Fsp3) is 0.368. The number of rotatable bonds is 4. The number of nitrogens with one attached hydrogen (secondary N) is 3. The molecular weight excluding hydrogens is 336 g/mol. The van der Waals surface area contributed by atoms with Crippen LogP contribution in [0.3, 0.4) is 0 Å². The molecule has 1 aliphatic rings. The van der Waals surface area contributed by atoms with Crippen molar-refractivity contribution in [2.24, 2.45) is 0 Å². The molecule has 2 heterocycles. The third-order valence-electron chi connectivity index (χ3n) is 4.97. The highest BCUT2D eigenvalue weighted by molar-refractivity contribution is 6.31.